The number of para-hydroxylation sites is 3. The van der Waals surface area contributed by atoms with Gasteiger partial charge in [0.2, 0.25) is 0 Å². The van der Waals surface area contributed by atoms with Crippen LogP contribution in [0.4, 0.5) is 0 Å². The summed E-state index contributed by atoms with van der Waals surface area (Å²) in [4.78, 5) is 0. The van der Waals surface area contributed by atoms with Gasteiger partial charge in [-0.05, 0) is 90.0 Å². The third-order valence-electron chi connectivity index (χ3n) is 9.54. The van der Waals surface area contributed by atoms with E-state index in [4.69, 9.17) is 4.42 Å². The van der Waals surface area contributed by atoms with Gasteiger partial charge in [0, 0.05) is 43.7 Å². The number of hydrogen-bond donors (Lipinski definition) is 0. The Labute approximate surface area is 269 Å². The van der Waals surface area contributed by atoms with Crippen molar-refractivity contribution < 1.29 is 4.42 Å². The number of rotatable bonds is 3. The molecular weight excluding hydrogens is 574 g/mol. The molecule has 3 aromatic heterocycles. The summed E-state index contributed by atoms with van der Waals surface area (Å²) in [5, 5.41) is 16.4. The second-order valence-corrected chi connectivity index (χ2v) is 12.1. The van der Waals surface area contributed by atoms with E-state index in [1.807, 2.05) is 18.2 Å². The number of nitrogens with zero attached hydrogens (tertiary/aromatic N) is 3. The van der Waals surface area contributed by atoms with Crippen molar-refractivity contribution in [2.75, 3.05) is 0 Å². The molecule has 0 radical (unpaired) electrons. The fraction of sp³-hybridized carbons (Fsp3) is 0. The summed E-state index contributed by atoms with van der Waals surface area (Å²) in [5.41, 5.74) is 11.5. The average Bonchev–Trinajstić information content (AvgIpc) is 3.78. The Hall–Kier alpha value is -6.57. The predicted octanol–water partition coefficient (Wildman–Crippen LogP) is 11.3. The van der Waals surface area contributed by atoms with Gasteiger partial charge < -0.3 is 13.6 Å². The van der Waals surface area contributed by atoms with Gasteiger partial charge in [-0.25, -0.2) is 0 Å². The van der Waals surface area contributed by atoms with Crippen LogP contribution in [0.2, 0.25) is 0 Å². The molecule has 47 heavy (non-hydrogen) atoms. The van der Waals surface area contributed by atoms with Crippen molar-refractivity contribution in [3.05, 3.63) is 157 Å². The lowest BCUT2D eigenvalue weighted by Gasteiger charge is -2.10. The molecule has 4 heteroatoms. The van der Waals surface area contributed by atoms with Crippen LogP contribution in [0.1, 0.15) is 5.56 Å². The number of aromatic nitrogens is 2. The summed E-state index contributed by atoms with van der Waals surface area (Å²) in [6.45, 7) is 0. The van der Waals surface area contributed by atoms with Gasteiger partial charge in [-0.15, -0.1) is 0 Å². The molecule has 0 saturated heterocycles. The van der Waals surface area contributed by atoms with Crippen LogP contribution in [0.25, 0.3) is 88.1 Å². The standard InChI is InChI=1S/C43H25N3O/c44-26-27-17-21-41-35(23-27)36-25-30(19-22-42(36)47-41)46-37-14-6-4-11-32(37)34-24-28(18-20-39(34)46)31-13-8-16-40-43(31)33-12-5-7-15-38(33)45(40)29-9-2-1-3-10-29/h1-25H. The molecule has 4 nitrogen and oxygen atoms in total. The van der Waals surface area contributed by atoms with Crippen LogP contribution in [0, 0.1) is 11.3 Å². The third kappa shape index (κ3) is 3.69. The minimum Gasteiger partial charge on any atom is -0.456 e. The molecule has 0 saturated carbocycles. The van der Waals surface area contributed by atoms with Crippen molar-refractivity contribution in [1.29, 1.82) is 5.26 Å². The highest BCUT2D eigenvalue weighted by molar-refractivity contribution is 6.17. The summed E-state index contributed by atoms with van der Waals surface area (Å²) in [5.74, 6) is 0. The number of benzene rings is 7. The molecule has 0 amide bonds. The van der Waals surface area contributed by atoms with E-state index in [9.17, 15) is 5.26 Å². The molecule has 10 rings (SSSR count). The molecule has 0 aliphatic heterocycles. The average molecular weight is 600 g/mol. The van der Waals surface area contributed by atoms with E-state index in [2.05, 4.69) is 143 Å². The largest absolute Gasteiger partial charge is 0.456 e. The third-order valence-corrected chi connectivity index (χ3v) is 9.54. The number of nitriles is 1. The lowest BCUT2D eigenvalue weighted by molar-refractivity contribution is 0.669. The Bertz CT molecular complexity index is 2910. The first kappa shape index (κ1) is 25.7. The first-order valence-electron chi connectivity index (χ1n) is 15.7. The smallest absolute Gasteiger partial charge is 0.135 e. The van der Waals surface area contributed by atoms with Crippen molar-refractivity contribution in [3.8, 4) is 28.6 Å². The molecule has 0 spiro atoms. The first-order valence-corrected chi connectivity index (χ1v) is 15.7. The van der Waals surface area contributed by atoms with Gasteiger partial charge in [0.1, 0.15) is 11.2 Å². The fourth-order valence-electron chi connectivity index (χ4n) is 7.51. The molecule has 0 aliphatic carbocycles. The molecule has 0 bridgehead atoms. The van der Waals surface area contributed by atoms with Crippen LogP contribution in [-0.2, 0) is 0 Å². The molecule has 10 aromatic rings. The summed E-state index contributed by atoms with van der Waals surface area (Å²) in [6, 6.07) is 55.6. The lowest BCUT2D eigenvalue weighted by atomic mass is 9.98. The Morgan fingerprint density at radius 3 is 1.94 bits per heavy atom. The zero-order valence-electron chi connectivity index (χ0n) is 25.2. The summed E-state index contributed by atoms with van der Waals surface area (Å²) in [7, 11) is 0. The van der Waals surface area contributed by atoms with Crippen LogP contribution in [0.5, 0.6) is 0 Å². The topological polar surface area (TPSA) is 46.8 Å². The molecule has 0 unspecified atom stereocenters. The van der Waals surface area contributed by atoms with E-state index in [1.165, 1.54) is 43.7 Å². The quantitative estimate of drug-likeness (QED) is 0.203. The normalized spacial score (nSPS) is 11.8. The van der Waals surface area contributed by atoms with Gasteiger partial charge >= 0.3 is 0 Å². The maximum Gasteiger partial charge on any atom is 0.135 e. The van der Waals surface area contributed by atoms with E-state index in [0.717, 1.165) is 44.3 Å². The summed E-state index contributed by atoms with van der Waals surface area (Å²) < 4.78 is 10.8. The van der Waals surface area contributed by atoms with E-state index in [-0.39, 0.29) is 0 Å². The molecular formula is C43H25N3O. The zero-order chi connectivity index (χ0) is 31.1. The predicted molar refractivity (Wildman–Crippen MR) is 193 cm³/mol. The van der Waals surface area contributed by atoms with Crippen molar-refractivity contribution >= 4 is 65.6 Å². The number of hydrogen-bond acceptors (Lipinski definition) is 2. The van der Waals surface area contributed by atoms with E-state index in [1.54, 1.807) is 6.07 Å². The van der Waals surface area contributed by atoms with Crippen LogP contribution in [0.15, 0.2) is 156 Å². The van der Waals surface area contributed by atoms with E-state index >= 15 is 0 Å². The summed E-state index contributed by atoms with van der Waals surface area (Å²) >= 11 is 0. The highest BCUT2D eigenvalue weighted by atomic mass is 16.3. The summed E-state index contributed by atoms with van der Waals surface area (Å²) in [6.07, 6.45) is 0. The minimum absolute atomic E-state index is 0.622. The molecule has 0 fully saturated rings. The van der Waals surface area contributed by atoms with Crippen molar-refractivity contribution in [2.45, 2.75) is 0 Å². The molecule has 7 aromatic carbocycles. The fourth-order valence-corrected chi connectivity index (χ4v) is 7.51. The molecule has 218 valence electrons. The maximum atomic E-state index is 9.53. The minimum atomic E-state index is 0.622. The molecule has 3 heterocycles. The van der Waals surface area contributed by atoms with Crippen molar-refractivity contribution in [2.24, 2.45) is 0 Å². The Morgan fingerprint density at radius 1 is 0.447 bits per heavy atom. The highest BCUT2D eigenvalue weighted by Crippen LogP contribution is 2.41. The van der Waals surface area contributed by atoms with Gasteiger partial charge in [0.05, 0.1) is 33.7 Å². The van der Waals surface area contributed by atoms with Crippen LogP contribution >= 0.6 is 0 Å². The Balaban J connectivity index is 1.22. The van der Waals surface area contributed by atoms with E-state index in [0.29, 0.717) is 5.56 Å². The lowest BCUT2D eigenvalue weighted by Crippen LogP contribution is -1.93. The van der Waals surface area contributed by atoms with Crippen LogP contribution in [-0.4, -0.2) is 9.13 Å². The van der Waals surface area contributed by atoms with Crippen LogP contribution < -0.4 is 0 Å². The Kier molecular flexibility index (Phi) is 5.32. The Morgan fingerprint density at radius 2 is 1.11 bits per heavy atom. The number of furan rings is 1. The van der Waals surface area contributed by atoms with Gasteiger partial charge in [-0.1, -0.05) is 72.8 Å². The maximum absolute atomic E-state index is 9.53. The second-order valence-electron chi connectivity index (χ2n) is 12.1. The van der Waals surface area contributed by atoms with Gasteiger partial charge in [0.25, 0.3) is 0 Å². The molecule has 0 N–H and O–H groups in total. The molecule has 0 atom stereocenters. The van der Waals surface area contributed by atoms with Gasteiger partial charge in [-0.2, -0.15) is 5.26 Å². The van der Waals surface area contributed by atoms with Gasteiger partial charge in [-0.3, -0.25) is 0 Å². The van der Waals surface area contributed by atoms with Crippen molar-refractivity contribution in [1.82, 2.24) is 9.13 Å². The molecule has 0 aliphatic rings. The highest BCUT2D eigenvalue weighted by Gasteiger charge is 2.19. The second kappa shape index (κ2) is 9.71. The first-order chi connectivity index (χ1) is 23.3. The number of fused-ring (bicyclic) bond motifs is 9. The zero-order valence-corrected chi connectivity index (χ0v) is 25.2. The monoisotopic (exact) mass is 599 g/mol. The van der Waals surface area contributed by atoms with Crippen LogP contribution in [0.3, 0.4) is 0 Å². The van der Waals surface area contributed by atoms with Gasteiger partial charge in [0.15, 0.2) is 0 Å². The van der Waals surface area contributed by atoms with Crippen molar-refractivity contribution in [3.63, 3.8) is 0 Å². The SMILES string of the molecule is N#Cc1ccc2oc3ccc(-n4c5ccccc5c5cc(-c6cccc7c6c6ccccc6n7-c6ccccc6)ccc54)cc3c2c1. The van der Waals surface area contributed by atoms with E-state index < -0.39 is 0 Å².